The van der Waals surface area contributed by atoms with E-state index in [2.05, 4.69) is 10.4 Å². The van der Waals surface area contributed by atoms with Crippen LogP contribution in [-0.2, 0) is 13.0 Å². The highest BCUT2D eigenvalue weighted by atomic mass is 16.5. The fourth-order valence-corrected chi connectivity index (χ4v) is 3.70. The summed E-state index contributed by atoms with van der Waals surface area (Å²) in [6.45, 7) is 2.99. The quantitative estimate of drug-likeness (QED) is 0.449. The van der Waals surface area contributed by atoms with Crippen LogP contribution < -0.4 is 20.3 Å². The van der Waals surface area contributed by atoms with Gasteiger partial charge in [-0.2, -0.15) is 9.78 Å². The van der Waals surface area contributed by atoms with Crippen molar-refractivity contribution in [2.75, 3.05) is 20.8 Å². The lowest BCUT2D eigenvalue weighted by atomic mass is 10.1. The van der Waals surface area contributed by atoms with Gasteiger partial charge in [-0.05, 0) is 43.2 Å². The molecule has 8 heteroatoms. The molecule has 0 bridgehead atoms. The Morgan fingerprint density at radius 3 is 2.48 bits per heavy atom. The number of nitrogens with one attached hydrogen (secondary N) is 1. The summed E-state index contributed by atoms with van der Waals surface area (Å²) in [4.78, 5) is 26.1. The Labute approximate surface area is 191 Å². The summed E-state index contributed by atoms with van der Waals surface area (Å²) in [6.07, 6.45) is 4.08. The number of aryl methyl sites for hydroxylation is 1. The van der Waals surface area contributed by atoms with Crippen molar-refractivity contribution in [3.8, 4) is 28.4 Å². The number of rotatable bonds is 8. The van der Waals surface area contributed by atoms with Gasteiger partial charge in [0.15, 0.2) is 11.5 Å². The second-order valence-electron chi connectivity index (χ2n) is 7.51. The third-order valence-electron chi connectivity index (χ3n) is 5.48. The van der Waals surface area contributed by atoms with Gasteiger partial charge in [-0.15, -0.1) is 0 Å². The van der Waals surface area contributed by atoms with Gasteiger partial charge in [-0.3, -0.25) is 9.59 Å². The van der Waals surface area contributed by atoms with E-state index >= 15 is 0 Å². The predicted octanol–water partition coefficient (Wildman–Crippen LogP) is 3.15. The number of aromatic nitrogens is 3. The first-order valence-corrected chi connectivity index (χ1v) is 10.7. The molecule has 1 N–H and O–H groups in total. The Bertz CT molecular complexity index is 1290. The van der Waals surface area contributed by atoms with Gasteiger partial charge in [0, 0.05) is 25.5 Å². The summed E-state index contributed by atoms with van der Waals surface area (Å²) in [5.74, 6) is 1.02. The van der Waals surface area contributed by atoms with Crippen LogP contribution in [0.25, 0.3) is 16.9 Å². The first-order chi connectivity index (χ1) is 16.0. The lowest BCUT2D eigenvalue weighted by Crippen LogP contribution is -2.27. The smallest absolute Gasteiger partial charge is 0.282 e. The van der Waals surface area contributed by atoms with E-state index in [0.29, 0.717) is 53.5 Å². The Balaban J connectivity index is 1.58. The van der Waals surface area contributed by atoms with E-state index in [0.717, 1.165) is 5.56 Å². The topological polar surface area (TPSA) is 87.4 Å². The zero-order valence-corrected chi connectivity index (χ0v) is 18.9. The van der Waals surface area contributed by atoms with Crippen LogP contribution in [-0.4, -0.2) is 41.0 Å². The van der Waals surface area contributed by atoms with Crippen LogP contribution in [0.3, 0.4) is 0 Å². The largest absolute Gasteiger partial charge is 0.493 e. The molecule has 0 unspecified atom stereocenters. The fraction of sp³-hybridized carbons (Fsp3) is 0.240. The first kappa shape index (κ1) is 22.1. The van der Waals surface area contributed by atoms with Crippen molar-refractivity contribution in [2.45, 2.75) is 19.9 Å². The van der Waals surface area contributed by atoms with E-state index in [1.807, 2.05) is 60.0 Å². The van der Waals surface area contributed by atoms with Crippen molar-refractivity contribution in [3.63, 3.8) is 0 Å². The first-order valence-electron chi connectivity index (χ1n) is 10.7. The summed E-state index contributed by atoms with van der Waals surface area (Å²) in [7, 11) is 3.18. The summed E-state index contributed by atoms with van der Waals surface area (Å²) < 4.78 is 13.8. The number of carbonyl (C=O) groups excluding carboxylic acids is 1. The SMILES string of the molecule is CCn1cc(C(=O)NCCc2ccc(OC)c(OC)c2)c2nn(-c3ccccc3)c(=O)c-2c1. The molecule has 8 nitrogen and oxygen atoms in total. The summed E-state index contributed by atoms with van der Waals surface area (Å²) >= 11 is 0. The van der Waals surface area contributed by atoms with E-state index in [-0.39, 0.29) is 11.5 Å². The molecule has 2 aliphatic rings. The maximum atomic E-state index is 13.1. The molecule has 0 radical (unpaired) electrons. The van der Waals surface area contributed by atoms with Gasteiger partial charge in [0.05, 0.1) is 31.0 Å². The van der Waals surface area contributed by atoms with Crippen LogP contribution in [0.15, 0.2) is 65.7 Å². The van der Waals surface area contributed by atoms with Crippen molar-refractivity contribution in [1.29, 1.82) is 0 Å². The molecule has 2 aromatic rings. The van der Waals surface area contributed by atoms with Gasteiger partial charge in [0.1, 0.15) is 5.69 Å². The Hall–Kier alpha value is -4.07. The van der Waals surface area contributed by atoms with E-state index in [4.69, 9.17) is 9.47 Å². The Morgan fingerprint density at radius 2 is 1.79 bits per heavy atom. The monoisotopic (exact) mass is 446 g/mol. The number of benzene rings is 2. The molecule has 0 fully saturated rings. The Morgan fingerprint density at radius 1 is 1.03 bits per heavy atom. The number of methoxy groups -OCH3 is 2. The summed E-state index contributed by atoms with van der Waals surface area (Å²) in [5, 5.41) is 7.44. The lowest BCUT2D eigenvalue weighted by Gasteiger charge is -2.12. The average Bonchev–Trinajstić information content (AvgIpc) is 3.19. The molecule has 4 rings (SSSR count). The zero-order valence-electron chi connectivity index (χ0n) is 18.9. The standard InChI is InChI=1S/C25H26N4O4/c1-4-28-15-19(23-20(16-28)25(31)29(27-23)18-8-6-5-7-9-18)24(30)26-13-12-17-10-11-21(32-2)22(14-17)33-3/h5-11,14-16H,4,12-13H2,1-3H3,(H,26,30). The minimum atomic E-state index is -0.277. The molecule has 170 valence electrons. The number of nitrogens with zero attached hydrogens (tertiary/aromatic N) is 3. The van der Waals surface area contributed by atoms with Gasteiger partial charge in [-0.1, -0.05) is 24.3 Å². The van der Waals surface area contributed by atoms with Gasteiger partial charge >= 0.3 is 0 Å². The number of hydrogen-bond donors (Lipinski definition) is 1. The molecule has 1 amide bonds. The molecule has 0 aromatic heterocycles. The molecule has 0 atom stereocenters. The summed E-state index contributed by atoms with van der Waals surface area (Å²) in [6, 6.07) is 14.8. The zero-order chi connectivity index (χ0) is 23.4. The molecule has 2 aliphatic heterocycles. The van der Waals surface area contributed by atoms with Crippen molar-refractivity contribution in [1.82, 2.24) is 19.7 Å². The van der Waals surface area contributed by atoms with Crippen LogP contribution in [0.2, 0.25) is 0 Å². The fourth-order valence-electron chi connectivity index (χ4n) is 3.70. The minimum Gasteiger partial charge on any atom is -0.493 e. The molecular weight excluding hydrogens is 420 g/mol. The molecule has 0 spiro atoms. The van der Waals surface area contributed by atoms with Crippen LogP contribution in [0, 0.1) is 0 Å². The van der Waals surface area contributed by atoms with Gasteiger partial charge in [0.25, 0.3) is 11.5 Å². The van der Waals surface area contributed by atoms with Crippen molar-refractivity contribution < 1.29 is 14.3 Å². The van der Waals surface area contributed by atoms with Crippen LogP contribution in [0.5, 0.6) is 11.5 Å². The molecule has 0 aliphatic carbocycles. The maximum absolute atomic E-state index is 13.1. The highest BCUT2D eigenvalue weighted by molar-refractivity contribution is 5.99. The number of hydrogen-bond acceptors (Lipinski definition) is 5. The van der Waals surface area contributed by atoms with Crippen molar-refractivity contribution >= 4 is 5.91 Å². The molecule has 2 aromatic carbocycles. The van der Waals surface area contributed by atoms with Gasteiger partial charge in [0.2, 0.25) is 0 Å². The highest BCUT2D eigenvalue weighted by Gasteiger charge is 2.24. The molecule has 0 saturated heterocycles. The van der Waals surface area contributed by atoms with E-state index in [1.54, 1.807) is 26.6 Å². The number of pyridine rings is 1. The van der Waals surface area contributed by atoms with Crippen LogP contribution in [0.4, 0.5) is 0 Å². The third-order valence-corrected chi connectivity index (χ3v) is 5.48. The average molecular weight is 447 g/mol. The lowest BCUT2D eigenvalue weighted by molar-refractivity contribution is 0.0953. The second-order valence-corrected chi connectivity index (χ2v) is 7.51. The van der Waals surface area contributed by atoms with Crippen LogP contribution in [0.1, 0.15) is 22.8 Å². The van der Waals surface area contributed by atoms with Gasteiger partial charge < -0.3 is 19.4 Å². The molecular formula is C25H26N4O4. The number of fused-ring (bicyclic) bond motifs is 1. The van der Waals surface area contributed by atoms with Crippen molar-refractivity contribution in [2.24, 2.45) is 0 Å². The normalized spacial score (nSPS) is 10.9. The van der Waals surface area contributed by atoms with E-state index in [9.17, 15) is 9.59 Å². The molecule has 33 heavy (non-hydrogen) atoms. The van der Waals surface area contributed by atoms with Crippen molar-refractivity contribution in [3.05, 3.63) is 82.4 Å². The third kappa shape index (κ3) is 4.45. The van der Waals surface area contributed by atoms with Crippen LogP contribution >= 0.6 is 0 Å². The number of amides is 1. The van der Waals surface area contributed by atoms with E-state index in [1.165, 1.54) is 4.68 Å². The predicted molar refractivity (Wildman–Crippen MR) is 126 cm³/mol. The molecule has 2 heterocycles. The second kappa shape index (κ2) is 9.60. The number of para-hydroxylation sites is 1. The Kier molecular flexibility index (Phi) is 6.44. The maximum Gasteiger partial charge on any atom is 0.282 e. The number of carbonyl (C=O) groups is 1. The number of ether oxygens (including phenoxy) is 2. The minimum absolute atomic E-state index is 0.252. The molecule has 0 saturated carbocycles. The van der Waals surface area contributed by atoms with Gasteiger partial charge in [-0.25, -0.2) is 0 Å². The van der Waals surface area contributed by atoms with E-state index < -0.39 is 0 Å². The summed E-state index contributed by atoms with van der Waals surface area (Å²) in [5.41, 5.74) is 2.57. The highest BCUT2D eigenvalue weighted by Crippen LogP contribution is 2.27.